The van der Waals surface area contributed by atoms with E-state index >= 15 is 0 Å². The molecule has 1 N–H and O–H groups in total. The lowest BCUT2D eigenvalue weighted by Gasteiger charge is -2.11. The topological polar surface area (TPSA) is 56.9 Å². The van der Waals surface area contributed by atoms with Gasteiger partial charge >= 0.3 is 0 Å². The Hall–Kier alpha value is -1.78. The molecule has 138 valence electrons. The first kappa shape index (κ1) is 20.0. The van der Waals surface area contributed by atoms with E-state index < -0.39 is 0 Å². The zero-order valence-electron chi connectivity index (χ0n) is 14.8. The average molecular weight is 413 g/mol. The molecule has 0 amide bonds. The summed E-state index contributed by atoms with van der Waals surface area (Å²) in [5.74, 6) is 1.01. The molecule has 1 aromatic carbocycles. The Balaban J connectivity index is 1.91. The van der Waals surface area contributed by atoms with Gasteiger partial charge in [-0.2, -0.15) is 17.0 Å². The molecule has 0 aliphatic heterocycles. The quantitative estimate of drug-likeness (QED) is 0.269. The largest absolute Gasteiger partial charge is 0.396 e. The van der Waals surface area contributed by atoms with Crippen LogP contribution in [0.15, 0.2) is 58.9 Å². The Morgan fingerprint density at radius 1 is 1.11 bits per heavy atom. The number of rotatable bonds is 9. The maximum absolute atomic E-state index is 9.82. The predicted octanol–water partition coefficient (Wildman–Crippen LogP) is 5.90. The van der Waals surface area contributed by atoms with Gasteiger partial charge in [0.05, 0.1) is 16.1 Å². The van der Waals surface area contributed by atoms with Crippen molar-refractivity contribution >= 4 is 34.9 Å². The summed E-state index contributed by atoms with van der Waals surface area (Å²) >= 11 is 5.09. The van der Waals surface area contributed by atoms with Crippen molar-refractivity contribution in [3.8, 4) is 27.8 Å². The van der Waals surface area contributed by atoms with Crippen molar-refractivity contribution in [3.05, 3.63) is 59.5 Å². The van der Waals surface area contributed by atoms with Gasteiger partial charge in [-0.15, -0.1) is 11.3 Å². The molecule has 6 heteroatoms. The number of aliphatic hydroxyl groups is 1. The lowest BCUT2D eigenvalue weighted by molar-refractivity contribution is 0.287. The normalized spacial score (nSPS) is 10.7. The molecule has 27 heavy (non-hydrogen) atoms. The lowest BCUT2D eigenvalue weighted by atomic mass is 10.0. The maximum atomic E-state index is 9.82. The first-order valence-corrected chi connectivity index (χ1v) is 11.7. The highest BCUT2D eigenvalue weighted by Crippen LogP contribution is 2.36. The molecule has 0 aliphatic rings. The van der Waals surface area contributed by atoms with Crippen LogP contribution in [0.4, 0.5) is 0 Å². The van der Waals surface area contributed by atoms with E-state index in [1.807, 2.05) is 59.6 Å². The highest BCUT2D eigenvalue weighted by Gasteiger charge is 2.16. The van der Waals surface area contributed by atoms with Crippen LogP contribution in [0.3, 0.4) is 0 Å². The number of aliphatic hydroxyl groups excluding tert-OH is 1. The fourth-order valence-corrected chi connectivity index (χ4v) is 5.41. The summed E-state index contributed by atoms with van der Waals surface area (Å²) < 4.78 is 0. The third-order valence-electron chi connectivity index (χ3n) is 3.93. The van der Waals surface area contributed by atoms with Crippen LogP contribution < -0.4 is 0 Å². The molecule has 0 fully saturated rings. The number of benzene rings is 1. The van der Waals surface area contributed by atoms with E-state index in [2.05, 4.69) is 12.1 Å². The molecule has 0 spiro atoms. The van der Waals surface area contributed by atoms with Crippen LogP contribution in [0.25, 0.3) is 21.7 Å². The van der Waals surface area contributed by atoms with Crippen molar-refractivity contribution in [1.82, 2.24) is 4.98 Å². The van der Waals surface area contributed by atoms with Gasteiger partial charge in [0.15, 0.2) is 0 Å². The number of hydrogen-bond acceptors (Lipinski definition) is 6. The number of unbranched alkanes of at least 4 members (excludes halogenated alkanes) is 1. The third-order valence-corrected chi connectivity index (χ3v) is 7.11. The molecule has 0 saturated heterocycles. The predicted molar refractivity (Wildman–Crippen MR) is 117 cm³/mol. The monoisotopic (exact) mass is 412 g/mol. The Morgan fingerprint density at radius 3 is 2.67 bits per heavy atom. The van der Waals surface area contributed by atoms with Crippen LogP contribution in [0, 0.1) is 11.3 Å². The van der Waals surface area contributed by atoms with Gasteiger partial charge in [0, 0.05) is 17.3 Å². The van der Waals surface area contributed by atoms with Gasteiger partial charge in [0.25, 0.3) is 0 Å². The zero-order valence-corrected chi connectivity index (χ0v) is 17.2. The molecule has 0 bridgehead atoms. The van der Waals surface area contributed by atoms with E-state index in [0.717, 1.165) is 50.4 Å². The lowest BCUT2D eigenvalue weighted by Crippen LogP contribution is -1.95. The fraction of sp³-hybridized carbons (Fsp3) is 0.238. The summed E-state index contributed by atoms with van der Waals surface area (Å²) in [6.45, 7) is 0.247. The van der Waals surface area contributed by atoms with Crippen molar-refractivity contribution < 1.29 is 5.11 Å². The summed E-state index contributed by atoms with van der Waals surface area (Å²) in [6, 6.07) is 18.5. The van der Waals surface area contributed by atoms with Gasteiger partial charge in [-0.3, -0.25) is 0 Å². The zero-order chi connectivity index (χ0) is 18.9. The van der Waals surface area contributed by atoms with E-state index in [4.69, 9.17) is 10.1 Å². The first-order valence-electron chi connectivity index (χ1n) is 8.69. The van der Waals surface area contributed by atoms with Crippen LogP contribution in [-0.4, -0.2) is 27.5 Å². The molecular formula is C21H20N2OS3. The summed E-state index contributed by atoms with van der Waals surface area (Å²) in [4.78, 5) is 5.91. The van der Waals surface area contributed by atoms with Gasteiger partial charge in [-0.05, 0) is 41.7 Å². The van der Waals surface area contributed by atoms with E-state index in [1.165, 1.54) is 0 Å². The standard InChI is InChI=1S/C21H20N2OS3/c22-14-18-17(16-7-2-1-3-8-16)13-19(20-9-6-12-26-20)23-21(18)27-15-25-11-5-4-10-24/h1-3,6-9,12-13,24H,4-5,10-11,15H2. The molecule has 0 unspecified atom stereocenters. The summed E-state index contributed by atoms with van der Waals surface area (Å²) in [6.07, 6.45) is 1.84. The third kappa shape index (κ3) is 5.36. The van der Waals surface area contributed by atoms with Gasteiger partial charge < -0.3 is 5.11 Å². The van der Waals surface area contributed by atoms with Crippen LogP contribution >= 0.6 is 34.9 Å². The van der Waals surface area contributed by atoms with Crippen molar-refractivity contribution in [1.29, 1.82) is 5.26 Å². The van der Waals surface area contributed by atoms with E-state index in [1.54, 1.807) is 23.1 Å². The maximum Gasteiger partial charge on any atom is 0.116 e. The Morgan fingerprint density at radius 2 is 1.96 bits per heavy atom. The summed E-state index contributed by atoms with van der Waals surface area (Å²) in [5.41, 5.74) is 3.52. The fourth-order valence-electron chi connectivity index (χ4n) is 2.60. The van der Waals surface area contributed by atoms with Gasteiger partial charge in [-0.1, -0.05) is 48.2 Å². The number of hydrogen-bond donors (Lipinski definition) is 1. The number of nitriles is 1. The van der Waals surface area contributed by atoms with Gasteiger partial charge in [0.1, 0.15) is 11.1 Å². The van der Waals surface area contributed by atoms with Crippen molar-refractivity contribution in [2.75, 3.05) is 17.4 Å². The number of thioether (sulfide) groups is 2. The van der Waals surface area contributed by atoms with Crippen LogP contribution in [0.1, 0.15) is 18.4 Å². The van der Waals surface area contributed by atoms with Crippen molar-refractivity contribution in [2.24, 2.45) is 0 Å². The number of aromatic nitrogens is 1. The van der Waals surface area contributed by atoms with E-state index in [0.29, 0.717) is 5.56 Å². The molecule has 2 aromatic heterocycles. The van der Waals surface area contributed by atoms with E-state index in [9.17, 15) is 5.26 Å². The summed E-state index contributed by atoms with van der Waals surface area (Å²) in [5, 5.41) is 22.4. The molecule has 0 atom stereocenters. The Kier molecular flexibility index (Phi) is 7.79. The molecule has 0 aliphatic carbocycles. The molecule has 3 rings (SSSR count). The molecule has 0 saturated carbocycles. The van der Waals surface area contributed by atoms with Gasteiger partial charge in [0.2, 0.25) is 0 Å². The van der Waals surface area contributed by atoms with Crippen LogP contribution in [0.2, 0.25) is 0 Å². The first-order chi connectivity index (χ1) is 13.3. The van der Waals surface area contributed by atoms with Crippen LogP contribution in [0.5, 0.6) is 0 Å². The molecule has 3 nitrogen and oxygen atoms in total. The highest BCUT2D eigenvalue weighted by molar-refractivity contribution is 8.15. The second-order valence-electron chi connectivity index (χ2n) is 5.79. The Labute approximate surface area is 172 Å². The molecular weight excluding hydrogens is 392 g/mol. The van der Waals surface area contributed by atoms with E-state index in [-0.39, 0.29) is 6.61 Å². The minimum atomic E-state index is 0.247. The van der Waals surface area contributed by atoms with Crippen LogP contribution in [-0.2, 0) is 0 Å². The van der Waals surface area contributed by atoms with Gasteiger partial charge in [-0.25, -0.2) is 4.98 Å². The number of thiophene rings is 1. The summed E-state index contributed by atoms with van der Waals surface area (Å²) in [7, 11) is 0. The molecule has 3 aromatic rings. The SMILES string of the molecule is N#Cc1c(-c2ccccc2)cc(-c2cccs2)nc1SCSCCCCO. The minimum absolute atomic E-state index is 0.247. The van der Waals surface area contributed by atoms with Crippen molar-refractivity contribution in [2.45, 2.75) is 17.9 Å². The average Bonchev–Trinajstić information content (AvgIpc) is 3.25. The Bertz CT molecular complexity index is 890. The second kappa shape index (κ2) is 10.5. The number of nitrogens with zero attached hydrogens (tertiary/aromatic N) is 2. The molecule has 0 radical (unpaired) electrons. The number of pyridine rings is 1. The smallest absolute Gasteiger partial charge is 0.116 e. The van der Waals surface area contributed by atoms with Crippen molar-refractivity contribution in [3.63, 3.8) is 0 Å². The second-order valence-corrected chi connectivity index (χ2v) is 9.17. The molecule has 2 heterocycles. The minimum Gasteiger partial charge on any atom is -0.396 e. The highest BCUT2D eigenvalue weighted by atomic mass is 32.2.